The van der Waals surface area contributed by atoms with Gasteiger partial charge in [0.25, 0.3) is 0 Å². The van der Waals surface area contributed by atoms with Crippen LogP contribution in [0.5, 0.6) is 0 Å². The molecule has 0 amide bonds. The Kier molecular flexibility index (Phi) is 2.37. The van der Waals surface area contributed by atoms with Crippen molar-refractivity contribution in [2.75, 3.05) is 13.2 Å². The van der Waals surface area contributed by atoms with Gasteiger partial charge in [-0.3, -0.25) is 0 Å². The van der Waals surface area contributed by atoms with E-state index in [2.05, 4.69) is 13.8 Å². The molecule has 2 nitrogen and oxygen atoms in total. The molecule has 2 heteroatoms. The first kappa shape index (κ1) is 8.52. The Hall–Kier alpha value is -0.0800. The number of rotatable bonds is 5. The normalized spacial score (nSPS) is 35.2. The van der Waals surface area contributed by atoms with E-state index < -0.39 is 0 Å². The zero-order chi connectivity index (χ0) is 8.55. The Bertz CT molecular complexity index is 134. The van der Waals surface area contributed by atoms with Crippen LogP contribution in [-0.2, 0) is 9.47 Å². The molecule has 0 aromatic carbocycles. The molecule has 0 aromatic rings. The lowest BCUT2D eigenvalue weighted by Crippen LogP contribution is -2.14. The Balaban J connectivity index is 1.74. The Morgan fingerprint density at radius 2 is 1.50 bits per heavy atom. The van der Waals surface area contributed by atoms with Crippen molar-refractivity contribution in [1.29, 1.82) is 0 Å². The van der Waals surface area contributed by atoms with Crippen molar-refractivity contribution in [1.82, 2.24) is 0 Å². The molecular formula is C10H18O2. The molecule has 0 spiro atoms. The van der Waals surface area contributed by atoms with Gasteiger partial charge < -0.3 is 9.47 Å². The summed E-state index contributed by atoms with van der Waals surface area (Å²) in [5, 5.41) is 0. The lowest BCUT2D eigenvalue weighted by molar-refractivity contribution is 0.259. The summed E-state index contributed by atoms with van der Waals surface area (Å²) in [4.78, 5) is 0. The van der Waals surface area contributed by atoms with Gasteiger partial charge in [0.05, 0.1) is 25.4 Å². The van der Waals surface area contributed by atoms with Gasteiger partial charge in [-0.1, -0.05) is 13.8 Å². The van der Waals surface area contributed by atoms with E-state index in [1.54, 1.807) is 0 Å². The molecule has 2 unspecified atom stereocenters. The van der Waals surface area contributed by atoms with Crippen LogP contribution in [0.15, 0.2) is 0 Å². The summed E-state index contributed by atoms with van der Waals surface area (Å²) < 4.78 is 10.5. The molecule has 0 aromatic heterocycles. The first-order valence-corrected chi connectivity index (χ1v) is 4.99. The average molecular weight is 170 g/mol. The van der Waals surface area contributed by atoms with Crippen LogP contribution in [0.4, 0.5) is 0 Å². The van der Waals surface area contributed by atoms with Crippen LogP contribution in [0.1, 0.15) is 26.7 Å². The van der Waals surface area contributed by atoms with E-state index in [-0.39, 0.29) is 0 Å². The first-order chi connectivity index (χ1) is 5.75. The van der Waals surface area contributed by atoms with Gasteiger partial charge in [0, 0.05) is 0 Å². The van der Waals surface area contributed by atoms with Crippen LogP contribution in [0.3, 0.4) is 0 Å². The highest BCUT2D eigenvalue weighted by molar-refractivity contribution is 4.81. The maximum absolute atomic E-state index is 5.25. The van der Waals surface area contributed by atoms with Gasteiger partial charge in [0.1, 0.15) is 0 Å². The van der Waals surface area contributed by atoms with E-state index >= 15 is 0 Å². The molecule has 2 aliphatic rings. The van der Waals surface area contributed by atoms with Gasteiger partial charge in [0.2, 0.25) is 0 Å². The van der Waals surface area contributed by atoms with E-state index in [1.807, 2.05) is 0 Å². The summed E-state index contributed by atoms with van der Waals surface area (Å²) in [7, 11) is 0. The molecular weight excluding hydrogens is 152 g/mol. The molecule has 2 aliphatic heterocycles. The maximum Gasteiger partial charge on any atom is 0.0812 e. The molecule has 70 valence electrons. The number of hydrogen-bond acceptors (Lipinski definition) is 2. The highest BCUT2D eigenvalue weighted by Crippen LogP contribution is 2.31. The fourth-order valence-corrected chi connectivity index (χ4v) is 1.72. The SMILES string of the molecule is CC(C)C(CC1CO1)CC1CO1. The van der Waals surface area contributed by atoms with E-state index in [0.29, 0.717) is 12.2 Å². The maximum atomic E-state index is 5.25. The van der Waals surface area contributed by atoms with Gasteiger partial charge in [-0.15, -0.1) is 0 Å². The zero-order valence-corrected chi connectivity index (χ0v) is 7.95. The lowest BCUT2D eigenvalue weighted by Gasteiger charge is -2.18. The number of ether oxygens (including phenoxy) is 2. The standard InChI is InChI=1S/C10H18O2/c1-7(2)8(3-9-5-11-9)4-10-6-12-10/h7-10H,3-6H2,1-2H3. The number of epoxide rings is 2. The predicted molar refractivity (Wildman–Crippen MR) is 47.0 cm³/mol. The fourth-order valence-electron chi connectivity index (χ4n) is 1.72. The highest BCUT2D eigenvalue weighted by Gasteiger charge is 2.33. The van der Waals surface area contributed by atoms with Crippen molar-refractivity contribution in [3.8, 4) is 0 Å². The van der Waals surface area contributed by atoms with Crippen LogP contribution in [-0.4, -0.2) is 25.4 Å². The Morgan fingerprint density at radius 3 is 1.75 bits per heavy atom. The van der Waals surface area contributed by atoms with Gasteiger partial charge in [-0.2, -0.15) is 0 Å². The minimum absolute atomic E-state index is 0.580. The highest BCUT2D eigenvalue weighted by atomic mass is 16.6. The molecule has 2 rings (SSSR count). The monoisotopic (exact) mass is 170 g/mol. The minimum atomic E-state index is 0.580. The summed E-state index contributed by atoms with van der Waals surface area (Å²) >= 11 is 0. The molecule has 2 fully saturated rings. The summed E-state index contributed by atoms with van der Waals surface area (Å²) in [5.41, 5.74) is 0. The van der Waals surface area contributed by atoms with Crippen molar-refractivity contribution in [3.05, 3.63) is 0 Å². The van der Waals surface area contributed by atoms with E-state index in [0.717, 1.165) is 25.0 Å². The summed E-state index contributed by atoms with van der Waals surface area (Å²) in [6.07, 6.45) is 3.65. The quantitative estimate of drug-likeness (QED) is 0.588. The predicted octanol–water partition coefficient (Wildman–Crippen LogP) is 1.84. The fraction of sp³-hybridized carbons (Fsp3) is 1.00. The van der Waals surface area contributed by atoms with E-state index in [9.17, 15) is 0 Å². The molecule has 0 radical (unpaired) electrons. The molecule has 0 bridgehead atoms. The smallest absolute Gasteiger partial charge is 0.0812 e. The second-order valence-electron chi connectivity index (χ2n) is 4.39. The van der Waals surface area contributed by atoms with Crippen molar-refractivity contribution in [2.24, 2.45) is 11.8 Å². The van der Waals surface area contributed by atoms with E-state index in [1.165, 1.54) is 12.8 Å². The summed E-state index contributed by atoms with van der Waals surface area (Å²) in [5.74, 6) is 1.59. The number of hydrogen-bond donors (Lipinski definition) is 0. The molecule has 0 aliphatic carbocycles. The zero-order valence-electron chi connectivity index (χ0n) is 7.95. The molecule has 2 heterocycles. The van der Waals surface area contributed by atoms with Crippen LogP contribution >= 0.6 is 0 Å². The average Bonchev–Trinajstić information content (AvgIpc) is 2.78. The Labute approximate surface area is 74.2 Å². The van der Waals surface area contributed by atoms with Gasteiger partial charge in [-0.25, -0.2) is 0 Å². The summed E-state index contributed by atoms with van der Waals surface area (Å²) in [6, 6.07) is 0. The minimum Gasteiger partial charge on any atom is -0.373 e. The van der Waals surface area contributed by atoms with Gasteiger partial charge in [-0.05, 0) is 24.7 Å². The van der Waals surface area contributed by atoms with Gasteiger partial charge >= 0.3 is 0 Å². The van der Waals surface area contributed by atoms with Crippen LogP contribution in [0.2, 0.25) is 0 Å². The van der Waals surface area contributed by atoms with Crippen molar-refractivity contribution in [2.45, 2.75) is 38.9 Å². The Morgan fingerprint density at radius 1 is 1.08 bits per heavy atom. The topological polar surface area (TPSA) is 25.1 Å². The van der Waals surface area contributed by atoms with E-state index in [4.69, 9.17) is 9.47 Å². The molecule has 2 atom stereocenters. The largest absolute Gasteiger partial charge is 0.373 e. The van der Waals surface area contributed by atoms with Crippen LogP contribution < -0.4 is 0 Å². The second-order valence-corrected chi connectivity index (χ2v) is 4.39. The third kappa shape index (κ3) is 2.46. The molecule has 0 N–H and O–H groups in total. The van der Waals surface area contributed by atoms with Crippen LogP contribution in [0.25, 0.3) is 0 Å². The second kappa shape index (κ2) is 3.35. The third-order valence-electron chi connectivity index (χ3n) is 2.88. The lowest BCUT2D eigenvalue weighted by atomic mass is 9.87. The third-order valence-corrected chi connectivity index (χ3v) is 2.88. The van der Waals surface area contributed by atoms with Crippen molar-refractivity contribution in [3.63, 3.8) is 0 Å². The summed E-state index contributed by atoms with van der Waals surface area (Å²) in [6.45, 7) is 6.59. The molecule has 12 heavy (non-hydrogen) atoms. The van der Waals surface area contributed by atoms with Gasteiger partial charge in [0.15, 0.2) is 0 Å². The molecule has 0 saturated carbocycles. The van der Waals surface area contributed by atoms with Crippen LogP contribution in [0, 0.1) is 11.8 Å². The van der Waals surface area contributed by atoms with Crippen molar-refractivity contribution < 1.29 is 9.47 Å². The van der Waals surface area contributed by atoms with Crippen molar-refractivity contribution >= 4 is 0 Å². The molecule has 2 saturated heterocycles. The first-order valence-electron chi connectivity index (χ1n) is 4.99.